The van der Waals surface area contributed by atoms with Crippen LogP contribution in [0.2, 0.25) is 0 Å². The highest BCUT2D eigenvalue weighted by atomic mass is 32.2. The second-order valence-electron chi connectivity index (χ2n) is 9.83. The number of thiophene rings is 1. The quantitative estimate of drug-likeness (QED) is 0.358. The lowest BCUT2D eigenvalue weighted by atomic mass is 10.0. The van der Waals surface area contributed by atoms with Crippen LogP contribution >= 0.6 is 11.3 Å². The van der Waals surface area contributed by atoms with Gasteiger partial charge in [0.15, 0.2) is 0 Å². The summed E-state index contributed by atoms with van der Waals surface area (Å²) in [6.07, 6.45) is 0.475. The Morgan fingerprint density at radius 2 is 1.71 bits per heavy atom. The Balaban J connectivity index is 1.44. The molecule has 2 amide bonds. The molecule has 0 saturated heterocycles. The Morgan fingerprint density at radius 3 is 2.32 bits per heavy atom. The molecule has 0 spiro atoms. The summed E-state index contributed by atoms with van der Waals surface area (Å²) in [7, 11) is -2.37. The Kier molecular flexibility index (Phi) is 7.54. The first-order valence-electron chi connectivity index (χ1n) is 12.9. The van der Waals surface area contributed by atoms with Crippen molar-refractivity contribution in [3.05, 3.63) is 93.6 Å². The molecule has 41 heavy (non-hydrogen) atoms. The molecule has 0 saturated carbocycles. The number of anilines is 2. The predicted octanol–water partition coefficient (Wildman–Crippen LogP) is 4.23. The molecule has 0 bridgehead atoms. The van der Waals surface area contributed by atoms with Crippen LogP contribution in [0, 0.1) is 13.8 Å². The van der Waals surface area contributed by atoms with Crippen LogP contribution in [0.25, 0.3) is 0 Å². The Hall–Kier alpha value is -4.29. The van der Waals surface area contributed by atoms with Crippen LogP contribution in [0.1, 0.15) is 49.5 Å². The average molecular weight is 592 g/mol. The van der Waals surface area contributed by atoms with E-state index in [4.69, 9.17) is 0 Å². The summed E-state index contributed by atoms with van der Waals surface area (Å²) in [5, 5.41) is 7.57. The van der Waals surface area contributed by atoms with Gasteiger partial charge in [0.2, 0.25) is 5.91 Å². The summed E-state index contributed by atoms with van der Waals surface area (Å²) >= 11 is 1.26. The minimum Gasteiger partial charge on any atom is -0.337 e. The van der Waals surface area contributed by atoms with Crippen molar-refractivity contribution < 1.29 is 22.8 Å². The van der Waals surface area contributed by atoms with Gasteiger partial charge in [-0.05, 0) is 68.3 Å². The zero-order chi connectivity index (χ0) is 29.5. The van der Waals surface area contributed by atoms with Crippen molar-refractivity contribution in [1.29, 1.82) is 0 Å². The molecule has 5 rings (SSSR count). The van der Waals surface area contributed by atoms with Gasteiger partial charge in [-0.1, -0.05) is 18.2 Å². The number of amides is 2. The summed E-state index contributed by atoms with van der Waals surface area (Å²) in [5.74, 6) is -0.908. The van der Waals surface area contributed by atoms with E-state index in [1.807, 2.05) is 0 Å². The first kappa shape index (κ1) is 28.2. The summed E-state index contributed by atoms with van der Waals surface area (Å²) < 4.78 is 28.8. The molecule has 2 aromatic carbocycles. The number of benzene rings is 2. The van der Waals surface area contributed by atoms with E-state index in [0.717, 1.165) is 10.4 Å². The van der Waals surface area contributed by atoms with Crippen molar-refractivity contribution in [3.63, 3.8) is 0 Å². The zero-order valence-electron chi connectivity index (χ0n) is 23.0. The highest BCUT2D eigenvalue weighted by molar-refractivity contribution is 7.92. The maximum absolute atomic E-state index is 13.7. The molecule has 0 fully saturated rings. The van der Waals surface area contributed by atoms with Gasteiger partial charge in [-0.15, -0.1) is 11.3 Å². The van der Waals surface area contributed by atoms with Crippen LogP contribution in [0.4, 0.5) is 10.7 Å². The van der Waals surface area contributed by atoms with E-state index in [1.165, 1.54) is 58.6 Å². The second-order valence-corrected chi connectivity index (χ2v) is 12.9. The number of carbonyl (C=O) groups excluding carboxylic acids is 3. The zero-order valence-corrected chi connectivity index (χ0v) is 24.7. The van der Waals surface area contributed by atoms with Gasteiger partial charge in [-0.3, -0.25) is 18.7 Å². The smallest absolute Gasteiger partial charge is 0.281 e. The number of nitrogens with zero attached hydrogens (tertiary/aromatic N) is 4. The third-order valence-electron chi connectivity index (χ3n) is 7.04. The number of sulfonamides is 1. The summed E-state index contributed by atoms with van der Waals surface area (Å²) in [4.78, 5) is 41.6. The van der Waals surface area contributed by atoms with Crippen molar-refractivity contribution >= 4 is 49.8 Å². The summed E-state index contributed by atoms with van der Waals surface area (Å²) in [5.41, 5.74) is 3.26. The summed E-state index contributed by atoms with van der Waals surface area (Å²) in [6.45, 7) is 5.91. The molecule has 4 aromatic rings. The van der Waals surface area contributed by atoms with Crippen LogP contribution in [0.5, 0.6) is 0 Å². The molecule has 0 radical (unpaired) electrons. The molecular formula is C29H29N5O5S2. The maximum atomic E-state index is 13.7. The molecule has 0 aliphatic carbocycles. The molecule has 1 aliphatic heterocycles. The monoisotopic (exact) mass is 591 g/mol. The van der Waals surface area contributed by atoms with Gasteiger partial charge in [0.25, 0.3) is 21.8 Å². The topological polar surface area (TPSA) is 122 Å². The van der Waals surface area contributed by atoms with E-state index in [-0.39, 0.29) is 22.3 Å². The van der Waals surface area contributed by atoms with Crippen LogP contribution in [-0.2, 0) is 27.8 Å². The SMILES string of the molecule is CC(=O)N1CCc2c(sc(NC(=O)c3ccc(S(=O)(=O)N(C)c4ccccc4)cc3)c2C(=O)n2nc(C)cc2C)C1. The highest BCUT2D eigenvalue weighted by Crippen LogP contribution is 2.38. The molecule has 212 valence electrons. The highest BCUT2D eigenvalue weighted by Gasteiger charge is 2.31. The van der Waals surface area contributed by atoms with Crippen molar-refractivity contribution in [1.82, 2.24) is 14.7 Å². The molecule has 0 unspecified atom stereocenters. The normalized spacial score (nSPS) is 13.0. The Morgan fingerprint density at radius 1 is 1.02 bits per heavy atom. The fourth-order valence-corrected chi connectivity index (χ4v) is 7.26. The third kappa shape index (κ3) is 5.40. The largest absolute Gasteiger partial charge is 0.337 e. The van der Waals surface area contributed by atoms with Gasteiger partial charge in [0, 0.05) is 36.7 Å². The third-order valence-corrected chi connectivity index (χ3v) is 9.97. The molecule has 2 aromatic heterocycles. The molecular weight excluding hydrogens is 562 g/mol. The number of rotatable bonds is 6. The number of carbonyl (C=O) groups is 3. The predicted molar refractivity (Wildman–Crippen MR) is 157 cm³/mol. The van der Waals surface area contributed by atoms with Crippen LogP contribution in [0.15, 0.2) is 65.6 Å². The molecule has 1 N–H and O–H groups in total. The lowest BCUT2D eigenvalue weighted by Crippen LogP contribution is -2.34. The van der Waals surface area contributed by atoms with Crippen molar-refractivity contribution in [2.24, 2.45) is 0 Å². The second kappa shape index (κ2) is 10.9. The van der Waals surface area contributed by atoms with Gasteiger partial charge in [0.1, 0.15) is 5.00 Å². The van der Waals surface area contributed by atoms with Crippen LogP contribution in [0.3, 0.4) is 0 Å². The van der Waals surface area contributed by atoms with E-state index in [9.17, 15) is 22.8 Å². The van der Waals surface area contributed by atoms with E-state index < -0.39 is 15.9 Å². The number of para-hydroxylation sites is 1. The minimum absolute atomic E-state index is 0.0386. The van der Waals surface area contributed by atoms with Gasteiger partial charge >= 0.3 is 0 Å². The summed E-state index contributed by atoms with van der Waals surface area (Å²) in [6, 6.07) is 16.1. The molecule has 1 aliphatic rings. The van der Waals surface area contributed by atoms with Gasteiger partial charge in [-0.2, -0.15) is 5.10 Å². The van der Waals surface area contributed by atoms with Crippen molar-refractivity contribution in [3.8, 4) is 0 Å². The molecule has 10 nitrogen and oxygen atoms in total. The van der Waals surface area contributed by atoms with Crippen LogP contribution in [-0.4, -0.2) is 54.4 Å². The number of aromatic nitrogens is 2. The first-order valence-corrected chi connectivity index (χ1v) is 15.2. The Bertz CT molecular complexity index is 1760. The lowest BCUT2D eigenvalue weighted by Gasteiger charge is -2.26. The fourth-order valence-electron chi connectivity index (χ4n) is 4.82. The molecule has 0 atom stereocenters. The molecule has 12 heteroatoms. The number of fused-ring (bicyclic) bond motifs is 1. The van der Waals surface area contributed by atoms with E-state index >= 15 is 0 Å². The van der Waals surface area contributed by atoms with E-state index in [2.05, 4.69) is 10.4 Å². The number of hydrogen-bond donors (Lipinski definition) is 1. The fraction of sp³-hybridized carbons (Fsp3) is 0.241. The van der Waals surface area contributed by atoms with Crippen LogP contribution < -0.4 is 9.62 Å². The molecule has 3 heterocycles. The average Bonchev–Trinajstić information content (AvgIpc) is 3.50. The standard InChI is InChI=1S/C29H29N5O5S2/c1-18-16-19(2)34(31-18)29(37)26-24-14-15-33(20(3)35)17-25(24)40-28(26)30-27(36)21-10-12-23(13-11-21)41(38,39)32(4)22-8-6-5-7-9-22/h5-13,16H,14-15,17H2,1-4H3,(H,30,36). The van der Waals surface area contributed by atoms with Crippen molar-refractivity contribution in [2.45, 2.75) is 38.6 Å². The van der Waals surface area contributed by atoms with E-state index in [1.54, 1.807) is 55.1 Å². The number of aryl methyl sites for hydroxylation is 2. The Labute approximate surface area is 242 Å². The van der Waals surface area contributed by atoms with Gasteiger partial charge in [0.05, 0.1) is 28.4 Å². The first-order chi connectivity index (χ1) is 19.5. The number of nitrogens with one attached hydrogen (secondary N) is 1. The minimum atomic E-state index is -3.84. The number of hydrogen-bond acceptors (Lipinski definition) is 7. The van der Waals surface area contributed by atoms with E-state index in [0.29, 0.717) is 47.2 Å². The maximum Gasteiger partial charge on any atom is 0.281 e. The lowest BCUT2D eigenvalue weighted by molar-refractivity contribution is -0.129. The van der Waals surface area contributed by atoms with Gasteiger partial charge < -0.3 is 10.2 Å². The van der Waals surface area contributed by atoms with Gasteiger partial charge in [-0.25, -0.2) is 13.1 Å². The van der Waals surface area contributed by atoms with Crippen molar-refractivity contribution in [2.75, 3.05) is 23.2 Å².